The van der Waals surface area contributed by atoms with Gasteiger partial charge < -0.3 is 5.32 Å². The summed E-state index contributed by atoms with van der Waals surface area (Å²) in [7, 11) is 0. The van der Waals surface area contributed by atoms with Crippen LogP contribution >= 0.6 is 11.3 Å². The summed E-state index contributed by atoms with van der Waals surface area (Å²) in [6.07, 6.45) is -3.59. The SMILES string of the molecule is CCc1ccc(C(=O)NCC(F)(F)F)s1. The smallest absolute Gasteiger partial charge is 0.342 e. The van der Waals surface area contributed by atoms with E-state index in [2.05, 4.69) is 0 Å². The average molecular weight is 237 g/mol. The van der Waals surface area contributed by atoms with Gasteiger partial charge in [0, 0.05) is 4.88 Å². The number of hydrogen-bond donors (Lipinski definition) is 1. The van der Waals surface area contributed by atoms with E-state index in [0.29, 0.717) is 4.88 Å². The lowest BCUT2D eigenvalue weighted by Gasteiger charge is -2.06. The van der Waals surface area contributed by atoms with Crippen molar-refractivity contribution < 1.29 is 18.0 Å². The summed E-state index contributed by atoms with van der Waals surface area (Å²) in [5.41, 5.74) is 0. The fourth-order valence-electron chi connectivity index (χ4n) is 0.958. The second-order valence-electron chi connectivity index (χ2n) is 2.92. The van der Waals surface area contributed by atoms with Gasteiger partial charge in [-0.05, 0) is 18.6 Å². The van der Waals surface area contributed by atoms with Gasteiger partial charge in [-0.3, -0.25) is 4.79 Å². The van der Waals surface area contributed by atoms with Gasteiger partial charge in [0.1, 0.15) is 6.54 Å². The first-order valence-corrected chi connectivity index (χ1v) is 5.17. The minimum Gasteiger partial charge on any atom is -0.342 e. The molecule has 84 valence electrons. The molecule has 0 aromatic carbocycles. The van der Waals surface area contributed by atoms with Crippen LogP contribution in [-0.4, -0.2) is 18.6 Å². The Morgan fingerprint density at radius 2 is 2.13 bits per heavy atom. The van der Waals surface area contributed by atoms with Gasteiger partial charge in [0.05, 0.1) is 4.88 Å². The van der Waals surface area contributed by atoms with Crippen molar-refractivity contribution in [2.24, 2.45) is 0 Å². The van der Waals surface area contributed by atoms with Crippen molar-refractivity contribution in [1.82, 2.24) is 5.32 Å². The molecule has 0 atom stereocenters. The third kappa shape index (κ3) is 3.91. The minimum absolute atomic E-state index is 0.316. The summed E-state index contributed by atoms with van der Waals surface area (Å²) in [6.45, 7) is 0.633. The maximum Gasteiger partial charge on any atom is 0.405 e. The highest BCUT2D eigenvalue weighted by atomic mass is 32.1. The zero-order valence-electron chi connectivity index (χ0n) is 8.02. The van der Waals surface area contributed by atoms with Crippen molar-refractivity contribution in [3.8, 4) is 0 Å². The number of halogens is 3. The molecule has 2 nitrogen and oxygen atoms in total. The number of alkyl halides is 3. The monoisotopic (exact) mass is 237 g/mol. The van der Waals surface area contributed by atoms with Crippen LogP contribution in [0, 0.1) is 0 Å². The zero-order chi connectivity index (χ0) is 11.5. The molecule has 1 N–H and O–H groups in total. The topological polar surface area (TPSA) is 29.1 Å². The Labute approximate surface area is 89.1 Å². The van der Waals surface area contributed by atoms with Crippen LogP contribution in [0.4, 0.5) is 13.2 Å². The molecule has 0 bridgehead atoms. The van der Waals surface area contributed by atoms with Gasteiger partial charge in [0.15, 0.2) is 0 Å². The van der Waals surface area contributed by atoms with Crippen molar-refractivity contribution in [3.05, 3.63) is 21.9 Å². The lowest BCUT2D eigenvalue weighted by molar-refractivity contribution is -0.123. The Hall–Kier alpha value is -1.04. The van der Waals surface area contributed by atoms with E-state index < -0.39 is 18.6 Å². The van der Waals surface area contributed by atoms with Crippen molar-refractivity contribution in [2.45, 2.75) is 19.5 Å². The van der Waals surface area contributed by atoms with Crippen molar-refractivity contribution in [3.63, 3.8) is 0 Å². The first-order chi connectivity index (χ1) is 6.92. The Bertz CT molecular complexity index is 345. The highest BCUT2D eigenvalue weighted by Crippen LogP contribution is 2.17. The molecule has 1 rings (SSSR count). The molecule has 0 fully saturated rings. The molecule has 0 aliphatic heterocycles. The van der Waals surface area contributed by atoms with E-state index in [1.54, 1.807) is 6.07 Å². The molecule has 0 unspecified atom stereocenters. The van der Waals surface area contributed by atoms with E-state index in [1.807, 2.05) is 12.2 Å². The molecule has 0 saturated carbocycles. The van der Waals surface area contributed by atoms with Gasteiger partial charge in [-0.25, -0.2) is 0 Å². The molecule has 15 heavy (non-hydrogen) atoms. The maximum absolute atomic E-state index is 11.8. The molecule has 6 heteroatoms. The average Bonchev–Trinajstić information content (AvgIpc) is 2.61. The van der Waals surface area contributed by atoms with Gasteiger partial charge in [0.2, 0.25) is 0 Å². The number of thiophene rings is 1. The van der Waals surface area contributed by atoms with Crippen LogP contribution in [0.2, 0.25) is 0 Å². The first-order valence-electron chi connectivity index (χ1n) is 4.36. The van der Waals surface area contributed by atoms with Gasteiger partial charge >= 0.3 is 6.18 Å². The lowest BCUT2D eigenvalue weighted by atomic mass is 10.3. The van der Waals surface area contributed by atoms with Gasteiger partial charge in [-0.1, -0.05) is 6.92 Å². The predicted molar refractivity (Wildman–Crippen MR) is 52.1 cm³/mol. The van der Waals surface area contributed by atoms with Crippen molar-refractivity contribution >= 4 is 17.2 Å². The molecular weight excluding hydrogens is 227 g/mol. The normalized spacial score (nSPS) is 11.5. The molecule has 1 amide bonds. The van der Waals surface area contributed by atoms with E-state index in [-0.39, 0.29) is 0 Å². The fourth-order valence-corrected chi connectivity index (χ4v) is 1.82. The largest absolute Gasteiger partial charge is 0.405 e. The molecule has 0 aliphatic rings. The Balaban J connectivity index is 2.54. The van der Waals surface area contributed by atoms with Crippen LogP contribution in [-0.2, 0) is 6.42 Å². The molecule has 0 aliphatic carbocycles. The molecule has 0 saturated heterocycles. The predicted octanol–water partition coefficient (Wildman–Crippen LogP) is 2.60. The molecule has 0 spiro atoms. The Kier molecular flexibility index (Phi) is 3.73. The third-order valence-electron chi connectivity index (χ3n) is 1.68. The number of amides is 1. The molecule has 1 aromatic heterocycles. The fraction of sp³-hybridized carbons (Fsp3) is 0.444. The van der Waals surface area contributed by atoms with Gasteiger partial charge in [0.25, 0.3) is 5.91 Å². The molecule has 1 heterocycles. The number of rotatable bonds is 3. The summed E-state index contributed by atoms with van der Waals surface area (Å²) in [4.78, 5) is 12.5. The van der Waals surface area contributed by atoms with Crippen molar-refractivity contribution in [1.29, 1.82) is 0 Å². The summed E-state index contributed by atoms with van der Waals surface area (Å²) in [6, 6.07) is 3.28. The van der Waals surface area contributed by atoms with Crippen LogP contribution in [0.5, 0.6) is 0 Å². The number of aryl methyl sites for hydroxylation is 1. The number of carbonyl (C=O) groups excluding carboxylic acids is 1. The van der Waals surface area contributed by atoms with E-state index in [9.17, 15) is 18.0 Å². The van der Waals surface area contributed by atoms with Crippen LogP contribution < -0.4 is 5.32 Å². The standard InChI is InChI=1S/C9H10F3NOS/c1-2-6-3-4-7(15-6)8(14)13-5-9(10,11)12/h3-4H,2,5H2,1H3,(H,13,14). The molecule has 1 aromatic rings. The number of carbonyl (C=O) groups is 1. The molecule has 0 radical (unpaired) electrons. The number of hydrogen-bond acceptors (Lipinski definition) is 2. The Morgan fingerprint density at radius 1 is 1.47 bits per heavy atom. The van der Waals surface area contributed by atoms with Crippen LogP contribution in [0.3, 0.4) is 0 Å². The highest BCUT2D eigenvalue weighted by molar-refractivity contribution is 7.14. The van der Waals surface area contributed by atoms with E-state index in [4.69, 9.17) is 0 Å². The summed E-state index contributed by atoms with van der Waals surface area (Å²) in [5, 5.41) is 1.82. The summed E-state index contributed by atoms with van der Waals surface area (Å²) in [5.74, 6) is -0.669. The van der Waals surface area contributed by atoms with Gasteiger partial charge in [-0.15, -0.1) is 11.3 Å². The Morgan fingerprint density at radius 3 is 2.60 bits per heavy atom. The second kappa shape index (κ2) is 4.65. The quantitative estimate of drug-likeness (QED) is 0.860. The third-order valence-corrected chi connectivity index (χ3v) is 2.91. The zero-order valence-corrected chi connectivity index (χ0v) is 8.84. The van der Waals surface area contributed by atoms with Gasteiger partial charge in [-0.2, -0.15) is 13.2 Å². The van der Waals surface area contributed by atoms with E-state index in [1.165, 1.54) is 17.4 Å². The summed E-state index contributed by atoms with van der Waals surface area (Å²) >= 11 is 1.21. The van der Waals surface area contributed by atoms with Crippen LogP contribution in [0.15, 0.2) is 12.1 Å². The first kappa shape index (κ1) is 12.0. The number of nitrogens with one attached hydrogen (secondary N) is 1. The van der Waals surface area contributed by atoms with E-state index >= 15 is 0 Å². The second-order valence-corrected chi connectivity index (χ2v) is 4.09. The lowest BCUT2D eigenvalue weighted by Crippen LogP contribution is -2.33. The van der Waals surface area contributed by atoms with Crippen LogP contribution in [0.1, 0.15) is 21.5 Å². The van der Waals surface area contributed by atoms with Crippen LogP contribution in [0.25, 0.3) is 0 Å². The maximum atomic E-state index is 11.8. The molecular formula is C9H10F3NOS. The minimum atomic E-state index is -4.36. The van der Waals surface area contributed by atoms with E-state index in [0.717, 1.165) is 11.3 Å². The highest BCUT2D eigenvalue weighted by Gasteiger charge is 2.28. The summed E-state index contributed by atoms with van der Waals surface area (Å²) < 4.78 is 35.4. The van der Waals surface area contributed by atoms with Crippen molar-refractivity contribution in [2.75, 3.05) is 6.54 Å².